The number of benzene rings is 10. The van der Waals surface area contributed by atoms with Crippen LogP contribution in [0.4, 0.5) is 17.1 Å². The van der Waals surface area contributed by atoms with Gasteiger partial charge in [0.25, 0.3) is 0 Å². The Kier molecular flexibility index (Phi) is 7.54. The zero-order valence-electron chi connectivity index (χ0n) is 32.1. The standard InChI is InChI=1S/C56H36N2O/c1-4-17-37(18-5-1)54-55-47-32-31-39(49-33-38-19-10-11-26-44(38)45-27-12-13-28-46(45)49)34-50(47)58(51(55)36-53-56(54)48-29-14-15-30-52(48)59-53)43-25-16-24-42(35-43)57(40-20-6-2-7-21-40)41-22-8-3-9-23-41/h1-36H. The van der Waals surface area contributed by atoms with Gasteiger partial charge in [0.2, 0.25) is 0 Å². The van der Waals surface area contributed by atoms with Crippen LogP contribution >= 0.6 is 0 Å². The topological polar surface area (TPSA) is 21.3 Å². The number of fused-ring (bicyclic) bond motifs is 9. The van der Waals surface area contributed by atoms with E-state index in [9.17, 15) is 0 Å². The molecule has 276 valence electrons. The lowest BCUT2D eigenvalue weighted by atomic mass is 9.92. The number of nitrogens with zero attached hydrogens (tertiary/aromatic N) is 2. The van der Waals surface area contributed by atoms with Gasteiger partial charge < -0.3 is 13.9 Å². The molecule has 2 heterocycles. The Balaban J connectivity index is 1.20. The fraction of sp³-hybridized carbons (Fsp3) is 0. The Morgan fingerprint density at radius 2 is 0.983 bits per heavy atom. The third-order valence-corrected chi connectivity index (χ3v) is 11.9. The van der Waals surface area contributed by atoms with Crippen molar-refractivity contribution >= 4 is 82.4 Å². The van der Waals surface area contributed by atoms with E-state index in [1.54, 1.807) is 0 Å². The van der Waals surface area contributed by atoms with Crippen molar-refractivity contribution in [2.45, 2.75) is 0 Å². The van der Waals surface area contributed by atoms with Gasteiger partial charge in [-0.15, -0.1) is 0 Å². The van der Waals surface area contributed by atoms with E-state index < -0.39 is 0 Å². The molecule has 3 heteroatoms. The highest BCUT2D eigenvalue weighted by Gasteiger charge is 2.24. The Morgan fingerprint density at radius 3 is 1.75 bits per heavy atom. The van der Waals surface area contributed by atoms with E-state index in [0.29, 0.717) is 0 Å². The maximum atomic E-state index is 6.75. The van der Waals surface area contributed by atoms with E-state index in [1.165, 1.54) is 49.0 Å². The summed E-state index contributed by atoms with van der Waals surface area (Å²) in [6.07, 6.45) is 0. The Morgan fingerprint density at radius 1 is 0.356 bits per heavy atom. The summed E-state index contributed by atoms with van der Waals surface area (Å²) in [6.45, 7) is 0. The van der Waals surface area contributed by atoms with Gasteiger partial charge in [-0.25, -0.2) is 0 Å². The Labute approximate surface area is 341 Å². The molecule has 3 nitrogen and oxygen atoms in total. The molecule has 0 saturated carbocycles. The molecule has 10 aromatic carbocycles. The van der Waals surface area contributed by atoms with E-state index in [4.69, 9.17) is 4.42 Å². The van der Waals surface area contributed by atoms with Gasteiger partial charge in [-0.2, -0.15) is 0 Å². The van der Waals surface area contributed by atoms with Gasteiger partial charge in [0.1, 0.15) is 11.2 Å². The molecule has 0 atom stereocenters. The SMILES string of the molecule is c1ccc(-c2c3c(cc4c2c2ccc(-c5cc6ccccc6c6ccccc56)cc2n4-c2cccc(N(c4ccccc4)c4ccccc4)c2)oc2ccccc23)cc1. The molecule has 0 amide bonds. The molecule has 0 N–H and O–H groups in total. The summed E-state index contributed by atoms with van der Waals surface area (Å²) in [7, 11) is 0. The molecular formula is C56H36N2O. The molecule has 0 spiro atoms. The molecule has 0 saturated heterocycles. The first-order chi connectivity index (χ1) is 29.3. The van der Waals surface area contributed by atoms with Gasteiger partial charge in [0.05, 0.1) is 11.0 Å². The first kappa shape index (κ1) is 33.3. The zero-order valence-corrected chi connectivity index (χ0v) is 32.1. The van der Waals surface area contributed by atoms with E-state index in [0.717, 1.165) is 61.3 Å². The predicted octanol–water partition coefficient (Wildman–Crippen LogP) is 15.8. The lowest BCUT2D eigenvalue weighted by Crippen LogP contribution is -2.10. The first-order valence-electron chi connectivity index (χ1n) is 20.2. The monoisotopic (exact) mass is 752 g/mol. The lowest BCUT2D eigenvalue weighted by molar-refractivity contribution is 0.669. The third kappa shape index (κ3) is 5.29. The van der Waals surface area contributed by atoms with Crippen LogP contribution in [-0.2, 0) is 0 Å². The minimum absolute atomic E-state index is 0.869. The Hall–Kier alpha value is -7.88. The van der Waals surface area contributed by atoms with Crippen LogP contribution in [0.5, 0.6) is 0 Å². The van der Waals surface area contributed by atoms with Crippen LogP contribution in [-0.4, -0.2) is 4.57 Å². The van der Waals surface area contributed by atoms with Gasteiger partial charge in [0, 0.05) is 55.9 Å². The molecule has 0 fully saturated rings. The minimum atomic E-state index is 0.869. The van der Waals surface area contributed by atoms with Gasteiger partial charge in [-0.1, -0.05) is 152 Å². The molecule has 0 aliphatic rings. The van der Waals surface area contributed by atoms with Gasteiger partial charge >= 0.3 is 0 Å². The highest BCUT2D eigenvalue weighted by atomic mass is 16.3. The Bertz CT molecular complexity index is 3510. The largest absolute Gasteiger partial charge is 0.456 e. The van der Waals surface area contributed by atoms with E-state index in [1.807, 2.05) is 0 Å². The molecule has 12 rings (SSSR count). The molecule has 2 aromatic heterocycles. The summed E-state index contributed by atoms with van der Waals surface area (Å²) in [5.74, 6) is 0. The molecule has 12 aromatic rings. The van der Waals surface area contributed by atoms with Crippen LogP contribution in [0.3, 0.4) is 0 Å². The minimum Gasteiger partial charge on any atom is -0.456 e. The summed E-state index contributed by atoms with van der Waals surface area (Å²) in [4.78, 5) is 2.33. The van der Waals surface area contributed by atoms with Crippen molar-refractivity contribution in [2.75, 3.05) is 4.90 Å². The van der Waals surface area contributed by atoms with E-state index >= 15 is 0 Å². The molecule has 59 heavy (non-hydrogen) atoms. The van der Waals surface area contributed by atoms with Gasteiger partial charge in [-0.3, -0.25) is 0 Å². The summed E-state index contributed by atoms with van der Waals surface area (Å²) in [6, 6.07) is 78.6. The fourth-order valence-corrected chi connectivity index (χ4v) is 9.38. The van der Waals surface area contributed by atoms with E-state index in [-0.39, 0.29) is 0 Å². The van der Waals surface area contributed by atoms with Crippen molar-refractivity contribution in [1.29, 1.82) is 0 Å². The smallest absolute Gasteiger partial charge is 0.138 e. The van der Waals surface area contributed by atoms with Gasteiger partial charge in [0.15, 0.2) is 0 Å². The number of aromatic nitrogens is 1. The highest BCUT2D eigenvalue weighted by molar-refractivity contribution is 6.27. The number of furan rings is 1. The zero-order chi connectivity index (χ0) is 38.9. The number of anilines is 3. The van der Waals surface area contributed by atoms with Crippen molar-refractivity contribution in [3.05, 3.63) is 218 Å². The summed E-state index contributed by atoms with van der Waals surface area (Å²) < 4.78 is 9.20. The van der Waals surface area contributed by atoms with Crippen LogP contribution in [0.25, 0.3) is 93.2 Å². The van der Waals surface area contributed by atoms with Crippen molar-refractivity contribution in [3.63, 3.8) is 0 Å². The molecular weight excluding hydrogens is 717 g/mol. The van der Waals surface area contributed by atoms with Crippen LogP contribution in [0.1, 0.15) is 0 Å². The number of hydrogen-bond donors (Lipinski definition) is 0. The molecule has 0 unspecified atom stereocenters. The quantitative estimate of drug-likeness (QED) is 0.158. The van der Waals surface area contributed by atoms with Crippen LogP contribution in [0, 0.1) is 0 Å². The maximum Gasteiger partial charge on any atom is 0.138 e. The second-order valence-electron chi connectivity index (χ2n) is 15.3. The number of rotatable bonds is 6. The van der Waals surface area contributed by atoms with Crippen molar-refractivity contribution in [2.24, 2.45) is 0 Å². The van der Waals surface area contributed by atoms with Crippen molar-refractivity contribution < 1.29 is 4.42 Å². The average molecular weight is 753 g/mol. The summed E-state index contributed by atoms with van der Waals surface area (Å²) in [5, 5.41) is 9.64. The van der Waals surface area contributed by atoms with Crippen molar-refractivity contribution in [3.8, 4) is 27.9 Å². The molecule has 0 aliphatic heterocycles. The molecule has 0 radical (unpaired) electrons. The predicted molar refractivity (Wildman–Crippen MR) is 249 cm³/mol. The van der Waals surface area contributed by atoms with Crippen molar-refractivity contribution in [1.82, 2.24) is 4.57 Å². The third-order valence-electron chi connectivity index (χ3n) is 11.9. The normalized spacial score (nSPS) is 11.7. The highest BCUT2D eigenvalue weighted by Crippen LogP contribution is 2.48. The molecule has 0 bridgehead atoms. The second-order valence-corrected chi connectivity index (χ2v) is 15.3. The summed E-state index contributed by atoms with van der Waals surface area (Å²) in [5.41, 5.74) is 13.0. The lowest BCUT2D eigenvalue weighted by Gasteiger charge is -2.26. The molecule has 0 aliphatic carbocycles. The van der Waals surface area contributed by atoms with E-state index in [2.05, 4.69) is 228 Å². The first-order valence-corrected chi connectivity index (χ1v) is 20.2. The second kappa shape index (κ2) is 13.4. The number of para-hydroxylation sites is 3. The summed E-state index contributed by atoms with van der Waals surface area (Å²) >= 11 is 0. The van der Waals surface area contributed by atoms with Gasteiger partial charge in [-0.05, 0) is 98.9 Å². The maximum absolute atomic E-state index is 6.75. The van der Waals surface area contributed by atoms with Crippen LogP contribution in [0.2, 0.25) is 0 Å². The fourth-order valence-electron chi connectivity index (χ4n) is 9.38. The van der Waals surface area contributed by atoms with Crippen LogP contribution < -0.4 is 4.90 Å². The van der Waals surface area contributed by atoms with Crippen LogP contribution in [0.15, 0.2) is 223 Å². The number of hydrogen-bond acceptors (Lipinski definition) is 2. The average Bonchev–Trinajstić information content (AvgIpc) is 3.84.